The van der Waals surface area contributed by atoms with E-state index >= 15 is 0 Å². The highest BCUT2D eigenvalue weighted by molar-refractivity contribution is 6.31. The molecule has 0 aliphatic rings. The van der Waals surface area contributed by atoms with Crippen molar-refractivity contribution in [2.75, 3.05) is 13.6 Å². The highest BCUT2D eigenvalue weighted by Crippen LogP contribution is 2.25. The minimum atomic E-state index is 0.392. The van der Waals surface area contributed by atoms with Crippen molar-refractivity contribution >= 4 is 11.6 Å². The molecule has 0 aromatic heterocycles. The van der Waals surface area contributed by atoms with Crippen molar-refractivity contribution in [3.05, 3.63) is 34.9 Å². The van der Waals surface area contributed by atoms with Crippen molar-refractivity contribution in [3.63, 3.8) is 0 Å². The largest absolute Gasteiger partial charge is 0.300 e. The normalized spacial score (nSPS) is 13.2. The average molecular weight is 212 g/mol. The quantitative estimate of drug-likeness (QED) is 0.734. The summed E-state index contributed by atoms with van der Waals surface area (Å²) in [7, 11) is 2.14. The van der Waals surface area contributed by atoms with E-state index in [0.29, 0.717) is 6.04 Å². The third-order valence-corrected chi connectivity index (χ3v) is 2.94. The minimum Gasteiger partial charge on any atom is -0.300 e. The van der Waals surface area contributed by atoms with Crippen molar-refractivity contribution < 1.29 is 0 Å². The highest BCUT2D eigenvalue weighted by Gasteiger charge is 2.12. The predicted octanol–water partition coefficient (Wildman–Crippen LogP) is 3.74. The molecule has 0 aliphatic heterocycles. The second-order valence-corrected chi connectivity index (χ2v) is 4.09. The van der Waals surface area contributed by atoms with Gasteiger partial charge in [-0.15, -0.1) is 0 Å². The molecular formula is C12H18ClN. The molecule has 0 aliphatic carbocycles. The molecule has 0 bridgehead atoms. The van der Waals surface area contributed by atoms with Crippen molar-refractivity contribution in [1.82, 2.24) is 4.90 Å². The summed E-state index contributed by atoms with van der Waals surface area (Å²) in [5.41, 5.74) is 1.21. The Labute approximate surface area is 91.7 Å². The first-order valence-corrected chi connectivity index (χ1v) is 5.49. The number of benzene rings is 1. The molecular weight excluding hydrogens is 194 g/mol. The van der Waals surface area contributed by atoms with Crippen LogP contribution in [-0.2, 0) is 0 Å². The van der Waals surface area contributed by atoms with E-state index in [-0.39, 0.29) is 0 Å². The second kappa shape index (κ2) is 5.38. The fourth-order valence-electron chi connectivity index (χ4n) is 1.60. The molecule has 1 atom stereocenters. The zero-order chi connectivity index (χ0) is 10.6. The lowest BCUT2D eigenvalue weighted by Gasteiger charge is -2.25. The molecule has 0 saturated carbocycles. The lowest BCUT2D eigenvalue weighted by molar-refractivity contribution is 0.262. The van der Waals surface area contributed by atoms with Gasteiger partial charge in [0.15, 0.2) is 0 Å². The van der Waals surface area contributed by atoms with E-state index in [1.54, 1.807) is 0 Å². The first kappa shape index (κ1) is 11.5. The van der Waals surface area contributed by atoms with Crippen LogP contribution in [0.1, 0.15) is 31.9 Å². The zero-order valence-electron chi connectivity index (χ0n) is 9.13. The van der Waals surface area contributed by atoms with Crippen LogP contribution in [0.4, 0.5) is 0 Å². The minimum absolute atomic E-state index is 0.392. The summed E-state index contributed by atoms with van der Waals surface area (Å²) in [5, 5.41) is 0.864. The van der Waals surface area contributed by atoms with Gasteiger partial charge in [-0.25, -0.2) is 0 Å². The molecule has 0 fully saturated rings. The molecule has 2 heteroatoms. The zero-order valence-corrected chi connectivity index (χ0v) is 9.88. The highest BCUT2D eigenvalue weighted by atomic mass is 35.5. The van der Waals surface area contributed by atoms with Gasteiger partial charge < -0.3 is 0 Å². The molecule has 0 saturated heterocycles. The monoisotopic (exact) mass is 211 g/mol. The lowest BCUT2D eigenvalue weighted by Crippen LogP contribution is -2.23. The number of nitrogens with zero attached hydrogens (tertiary/aromatic N) is 1. The van der Waals surface area contributed by atoms with E-state index in [2.05, 4.69) is 31.9 Å². The third kappa shape index (κ3) is 2.73. The van der Waals surface area contributed by atoms with Gasteiger partial charge in [0, 0.05) is 11.1 Å². The molecule has 14 heavy (non-hydrogen) atoms. The number of hydrogen-bond acceptors (Lipinski definition) is 1. The Morgan fingerprint density at radius 1 is 1.36 bits per heavy atom. The van der Waals surface area contributed by atoms with Crippen LogP contribution < -0.4 is 0 Å². The van der Waals surface area contributed by atoms with Crippen LogP contribution in [0, 0.1) is 0 Å². The number of rotatable bonds is 4. The lowest BCUT2D eigenvalue weighted by atomic mass is 10.1. The molecule has 0 heterocycles. The first-order chi connectivity index (χ1) is 6.66. The molecule has 0 amide bonds. The maximum absolute atomic E-state index is 6.14. The molecule has 0 N–H and O–H groups in total. The van der Waals surface area contributed by atoms with Crippen molar-refractivity contribution in [2.45, 2.75) is 26.3 Å². The van der Waals surface area contributed by atoms with Crippen LogP contribution in [0.15, 0.2) is 24.3 Å². The Kier molecular flexibility index (Phi) is 4.43. The number of halogens is 1. The van der Waals surface area contributed by atoms with Gasteiger partial charge in [-0.2, -0.15) is 0 Å². The fraction of sp³-hybridized carbons (Fsp3) is 0.500. The first-order valence-electron chi connectivity index (χ1n) is 5.11. The summed E-state index contributed by atoms with van der Waals surface area (Å²) in [5.74, 6) is 0. The van der Waals surface area contributed by atoms with E-state index in [9.17, 15) is 0 Å². The summed E-state index contributed by atoms with van der Waals surface area (Å²) in [6.45, 7) is 5.49. The predicted molar refractivity (Wildman–Crippen MR) is 62.8 cm³/mol. The van der Waals surface area contributed by atoms with Crippen molar-refractivity contribution in [3.8, 4) is 0 Å². The summed E-state index contributed by atoms with van der Waals surface area (Å²) < 4.78 is 0. The van der Waals surface area contributed by atoms with Crippen LogP contribution in [0.25, 0.3) is 0 Å². The molecule has 1 nitrogen and oxygen atoms in total. The third-order valence-electron chi connectivity index (χ3n) is 2.59. The molecule has 78 valence electrons. The van der Waals surface area contributed by atoms with Crippen LogP contribution in [0.2, 0.25) is 5.02 Å². The maximum atomic E-state index is 6.14. The van der Waals surface area contributed by atoms with Crippen molar-refractivity contribution in [1.29, 1.82) is 0 Å². The van der Waals surface area contributed by atoms with Gasteiger partial charge in [0.2, 0.25) is 0 Å². The summed E-state index contributed by atoms with van der Waals surface area (Å²) in [4.78, 5) is 2.32. The Hall–Kier alpha value is -0.530. The molecule has 1 unspecified atom stereocenters. The Morgan fingerprint density at radius 2 is 2.00 bits per heavy atom. The molecule has 1 rings (SSSR count). The van der Waals surface area contributed by atoms with Gasteiger partial charge in [-0.1, -0.05) is 36.7 Å². The van der Waals surface area contributed by atoms with Gasteiger partial charge in [-0.3, -0.25) is 4.90 Å². The summed E-state index contributed by atoms with van der Waals surface area (Å²) in [6, 6.07) is 8.45. The number of hydrogen-bond donors (Lipinski definition) is 0. The van der Waals surface area contributed by atoms with E-state index in [4.69, 9.17) is 11.6 Å². The van der Waals surface area contributed by atoms with Gasteiger partial charge in [-0.05, 0) is 38.6 Å². The Balaban J connectivity index is 2.78. The van der Waals surface area contributed by atoms with Gasteiger partial charge in [0.05, 0.1) is 0 Å². The maximum Gasteiger partial charge on any atom is 0.0453 e. The van der Waals surface area contributed by atoms with E-state index < -0.39 is 0 Å². The van der Waals surface area contributed by atoms with Crippen LogP contribution >= 0.6 is 11.6 Å². The molecule has 1 aromatic rings. The Bertz CT molecular complexity index is 285. The van der Waals surface area contributed by atoms with E-state index in [1.807, 2.05) is 18.2 Å². The summed E-state index contributed by atoms with van der Waals surface area (Å²) in [6.07, 6.45) is 1.17. The van der Waals surface area contributed by atoms with Crippen LogP contribution in [0.5, 0.6) is 0 Å². The second-order valence-electron chi connectivity index (χ2n) is 3.68. The van der Waals surface area contributed by atoms with Crippen molar-refractivity contribution in [2.24, 2.45) is 0 Å². The van der Waals surface area contributed by atoms with E-state index in [1.165, 1.54) is 12.0 Å². The topological polar surface area (TPSA) is 3.24 Å². The smallest absolute Gasteiger partial charge is 0.0453 e. The van der Waals surface area contributed by atoms with E-state index in [0.717, 1.165) is 11.6 Å². The van der Waals surface area contributed by atoms with Crippen LogP contribution in [-0.4, -0.2) is 18.5 Å². The van der Waals surface area contributed by atoms with Gasteiger partial charge in [0.1, 0.15) is 0 Å². The molecule has 0 spiro atoms. The molecule has 0 radical (unpaired) electrons. The van der Waals surface area contributed by atoms with Gasteiger partial charge >= 0.3 is 0 Å². The standard InChI is InChI=1S/C12H18ClN/c1-4-9-14(3)10(2)11-7-5-6-8-12(11)13/h5-8,10H,4,9H2,1-3H3. The van der Waals surface area contributed by atoms with Crippen LogP contribution in [0.3, 0.4) is 0 Å². The fourth-order valence-corrected chi connectivity index (χ4v) is 1.89. The molecule has 1 aromatic carbocycles. The average Bonchev–Trinajstić information content (AvgIpc) is 2.18. The SMILES string of the molecule is CCCN(C)C(C)c1ccccc1Cl. The summed E-state index contributed by atoms with van der Waals surface area (Å²) >= 11 is 6.14. The van der Waals surface area contributed by atoms with Gasteiger partial charge in [0.25, 0.3) is 0 Å². The Morgan fingerprint density at radius 3 is 2.57 bits per heavy atom.